The van der Waals surface area contributed by atoms with Crippen LogP contribution in [-0.4, -0.2) is 38.2 Å². The predicted molar refractivity (Wildman–Crippen MR) is 138 cm³/mol. The first-order valence-electron chi connectivity index (χ1n) is 13.2. The summed E-state index contributed by atoms with van der Waals surface area (Å²) in [5, 5.41) is 11.6. The zero-order valence-electron chi connectivity index (χ0n) is 21.3. The van der Waals surface area contributed by atoms with Crippen LogP contribution in [0.5, 0.6) is 0 Å². The summed E-state index contributed by atoms with van der Waals surface area (Å²) in [6.45, 7) is 6.96. The Morgan fingerprint density at radius 3 is 2.47 bits per heavy atom. The number of fused-ring (bicyclic) bond motifs is 3. The van der Waals surface area contributed by atoms with Gasteiger partial charge in [0.2, 0.25) is 0 Å². The van der Waals surface area contributed by atoms with Crippen LogP contribution in [0.3, 0.4) is 0 Å². The zero-order valence-corrected chi connectivity index (χ0v) is 22.9. The molecule has 6 rings (SSSR count). The third-order valence-electron chi connectivity index (χ3n) is 10.8. The molecule has 1 aromatic rings. The Morgan fingerprint density at radius 2 is 1.76 bits per heavy atom. The third-order valence-corrected chi connectivity index (χ3v) is 12.8. The Bertz CT molecular complexity index is 1010. The number of hydrogen-bond acceptors (Lipinski definition) is 5. The number of aryl methyl sites for hydroxylation is 1. The molecule has 6 heteroatoms. The SMILES string of the molecule is CSC[C@H]1[C@H]2CC[C@@]3(CC[C@@H]4[C@](C)(COS(=O)(=O)c5ccc(C)cc5)CCC[C@@]4(C)[C@@H]3C2)[C@@H]1O. The van der Waals surface area contributed by atoms with Crippen molar-refractivity contribution in [1.82, 2.24) is 0 Å². The van der Waals surface area contributed by atoms with Gasteiger partial charge in [-0.15, -0.1) is 0 Å². The number of aliphatic hydroxyl groups excluding tert-OH is 1. The first kappa shape index (κ1) is 25.1. The minimum atomic E-state index is -3.77. The molecule has 34 heavy (non-hydrogen) atoms. The van der Waals surface area contributed by atoms with Crippen LogP contribution in [-0.2, 0) is 14.3 Å². The van der Waals surface area contributed by atoms with Crippen LogP contribution >= 0.6 is 11.8 Å². The Hall–Kier alpha value is -0.560. The lowest BCUT2D eigenvalue weighted by molar-refractivity contribution is -0.242. The molecule has 0 unspecified atom stereocenters. The predicted octanol–water partition coefficient (Wildman–Crippen LogP) is 6.06. The lowest BCUT2D eigenvalue weighted by Gasteiger charge is -2.70. The van der Waals surface area contributed by atoms with E-state index in [-0.39, 0.29) is 33.9 Å². The first-order chi connectivity index (χ1) is 16.1. The Morgan fingerprint density at radius 1 is 1.06 bits per heavy atom. The van der Waals surface area contributed by atoms with Gasteiger partial charge < -0.3 is 5.11 Å². The van der Waals surface area contributed by atoms with E-state index in [1.54, 1.807) is 12.1 Å². The van der Waals surface area contributed by atoms with Crippen LogP contribution in [0, 0.1) is 46.8 Å². The van der Waals surface area contributed by atoms with Crippen molar-refractivity contribution >= 4 is 21.9 Å². The fourth-order valence-electron chi connectivity index (χ4n) is 9.19. The zero-order chi connectivity index (χ0) is 24.4. The summed E-state index contributed by atoms with van der Waals surface area (Å²) in [5.41, 5.74) is 1.08. The second kappa shape index (κ2) is 8.78. The van der Waals surface area contributed by atoms with Gasteiger partial charge in [0, 0.05) is 0 Å². The molecule has 0 aliphatic heterocycles. The summed E-state index contributed by atoms with van der Waals surface area (Å²) >= 11 is 1.88. The van der Waals surface area contributed by atoms with E-state index < -0.39 is 10.1 Å². The van der Waals surface area contributed by atoms with E-state index in [0.717, 1.165) is 37.0 Å². The van der Waals surface area contributed by atoms with Crippen LogP contribution in [0.15, 0.2) is 29.2 Å². The summed E-state index contributed by atoms with van der Waals surface area (Å²) < 4.78 is 31.7. The molecule has 5 aliphatic carbocycles. The highest BCUT2D eigenvalue weighted by atomic mass is 32.2. The molecule has 2 bridgehead atoms. The van der Waals surface area contributed by atoms with Crippen molar-refractivity contribution in [3.63, 3.8) is 0 Å². The Kier molecular flexibility index (Phi) is 6.48. The van der Waals surface area contributed by atoms with E-state index in [9.17, 15) is 13.5 Å². The van der Waals surface area contributed by atoms with E-state index in [2.05, 4.69) is 20.1 Å². The number of thioether (sulfide) groups is 1. The van der Waals surface area contributed by atoms with Crippen LogP contribution in [0.25, 0.3) is 0 Å². The lowest BCUT2D eigenvalue weighted by Crippen LogP contribution is -2.66. The van der Waals surface area contributed by atoms with E-state index in [0.29, 0.717) is 23.7 Å². The van der Waals surface area contributed by atoms with Gasteiger partial charge in [-0.2, -0.15) is 20.2 Å². The molecule has 0 aromatic heterocycles. The summed E-state index contributed by atoms with van der Waals surface area (Å²) in [6.07, 6.45) is 11.1. The van der Waals surface area contributed by atoms with Crippen molar-refractivity contribution in [1.29, 1.82) is 0 Å². The van der Waals surface area contributed by atoms with Crippen molar-refractivity contribution in [3.05, 3.63) is 29.8 Å². The fraction of sp³-hybridized carbons (Fsp3) is 0.786. The second-order valence-electron chi connectivity index (χ2n) is 12.5. The highest BCUT2D eigenvalue weighted by molar-refractivity contribution is 7.98. The molecule has 1 N–H and O–H groups in total. The van der Waals surface area contributed by atoms with Gasteiger partial charge >= 0.3 is 0 Å². The first-order valence-corrected chi connectivity index (χ1v) is 16.0. The standard InChI is InChI=1S/C28H42O4S2/c1-19-6-8-21(9-7-19)34(30,31)32-18-26(2)12-5-13-27(3)23(26)11-15-28-14-10-20(16-24(27)28)22(17-33-4)25(28)29/h6-9,20,22-25,29H,5,10-18H2,1-4H3/t20-,22-,23+,24-,25+,26-,27+,28-/m0/s1. The molecular weight excluding hydrogens is 464 g/mol. The molecule has 0 amide bonds. The quantitative estimate of drug-likeness (QED) is 0.475. The molecule has 0 saturated heterocycles. The molecule has 1 aromatic carbocycles. The van der Waals surface area contributed by atoms with Gasteiger partial charge in [0.25, 0.3) is 10.1 Å². The number of hydrogen-bond donors (Lipinski definition) is 1. The van der Waals surface area contributed by atoms with E-state index in [1.165, 1.54) is 25.7 Å². The Labute approximate surface area is 210 Å². The van der Waals surface area contributed by atoms with Gasteiger partial charge in [-0.3, -0.25) is 4.18 Å². The number of benzene rings is 1. The van der Waals surface area contributed by atoms with Gasteiger partial charge in [0.1, 0.15) is 0 Å². The highest BCUT2D eigenvalue weighted by Crippen LogP contribution is 2.72. The molecule has 4 nitrogen and oxygen atoms in total. The second-order valence-corrected chi connectivity index (χ2v) is 15.0. The van der Waals surface area contributed by atoms with Crippen LogP contribution in [0.1, 0.15) is 70.8 Å². The van der Waals surface area contributed by atoms with Crippen molar-refractivity contribution in [2.24, 2.45) is 39.9 Å². The summed E-state index contributed by atoms with van der Waals surface area (Å²) in [7, 11) is -3.77. The van der Waals surface area contributed by atoms with E-state index in [4.69, 9.17) is 4.18 Å². The number of rotatable bonds is 6. The van der Waals surface area contributed by atoms with E-state index in [1.807, 2.05) is 30.8 Å². The van der Waals surface area contributed by atoms with Gasteiger partial charge in [-0.05, 0) is 116 Å². The molecule has 8 atom stereocenters. The monoisotopic (exact) mass is 506 g/mol. The molecule has 190 valence electrons. The van der Waals surface area contributed by atoms with Gasteiger partial charge in [-0.1, -0.05) is 38.0 Å². The maximum atomic E-state index is 13.0. The molecule has 0 heterocycles. The maximum Gasteiger partial charge on any atom is 0.296 e. The molecule has 5 saturated carbocycles. The van der Waals surface area contributed by atoms with Crippen LogP contribution in [0.2, 0.25) is 0 Å². The van der Waals surface area contributed by atoms with Crippen LogP contribution in [0.4, 0.5) is 0 Å². The molecule has 0 radical (unpaired) electrons. The maximum absolute atomic E-state index is 13.0. The fourth-order valence-corrected chi connectivity index (χ4v) is 11.1. The largest absolute Gasteiger partial charge is 0.392 e. The number of aliphatic hydroxyl groups is 1. The summed E-state index contributed by atoms with van der Waals surface area (Å²) in [6, 6.07) is 6.94. The van der Waals surface area contributed by atoms with Gasteiger partial charge in [0.05, 0.1) is 17.6 Å². The Balaban J connectivity index is 1.39. The van der Waals surface area contributed by atoms with E-state index >= 15 is 0 Å². The molecule has 1 spiro atoms. The minimum Gasteiger partial charge on any atom is -0.392 e. The molecule has 5 fully saturated rings. The van der Waals surface area contributed by atoms with Crippen LogP contribution < -0.4 is 0 Å². The van der Waals surface area contributed by atoms with Gasteiger partial charge in [-0.25, -0.2) is 0 Å². The average Bonchev–Trinajstić information content (AvgIpc) is 2.80. The van der Waals surface area contributed by atoms with Crippen molar-refractivity contribution in [2.45, 2.75) is 83.1 Å². The normalized spacial score (nSPS) is 43.9. The molecule has 5 aliphatic rings. The highest BCUT2D eigenvalue weighted by Gasteiger charge is 2.67. The van der Waals surface area contributed by atoms with Crippen molar-refractivity contribution in [2.75, 3.05) is 18.6 Å². The summed E-state index contributed by atoms with van der Waals surface area (Å²) in [4.78, 5) is 0.246. The van der Waals surface area contributed by atoms with Gasteiger partial charge in [0.15, 0.2) is 0 Å². The lowest BCUT2D eigenvalue weighted by atomic mass is 9.35. The average molecular weight is 507 g/mol. The third kappa shape index (κ3) is 3.81. The van der Waals surface area contributed by atoms with Crippen molar-refractivity contribution < 1.29 is 17.7 Å². The minimum absolute atomic E-state index is 0.0630. The van der Waals surface area contributed by atoms with Crippen molar-refractivity contribution in [3.8, 4) is 0 Å². The smallest absolute Gasteiger partial charge is 0.296 e. The topological polar surface area (TPSA) is 63.6 Å². The summed E-state index contributed by atoms with van der Waals surface area (Å²) in [5.74, 6) is 3.12. The molecular formula is C28H42O4S2.